The van der Waals surface area contributed by atoms with Crippen LogP contribution in [-0.2, 0) is 9.53 Å². The summed E-state index contributed by atoms with van der Waals surface area (Å²) in [5, 5.41) is 0. The van der Waals surface area contributed by atoms with E-state index in [9.17, 15) is 4.79 Å². The zero-order valence-electron chi connectivity index (χ0n) is 9.39. The minimum atomic E-state index is 0.0458. The molecular formula is C12H18O2. The lowest BCUT2D eigenvalue weighted by Gasteiger charge is -2.44. The topological polar surface area (TPSA) is 26.3 Å². The molecule has 0 aromatic heterocycles. The molecular weight excluding hydrogens is 176 g/mol. The van der Waals surface area contributed by atoms with Gasteiger partial charge in [-0.3, -0.25) is 4.79 Å². The molecule has 78 valence electrons. The lowest BCUT2D eigenvalue weighted by atomic mass is 9.61. The molecule has 1 saturated carbocycles. The van der Waals surface area contributed by atoms with Crippen LogP contribution >= 0.6 is 0 Å². The normalized spacial score (nSPS) is 39.6. The Hall–Kier alpha value is -0.790. The lowest BCUT2D eigenvalue weighted by molar-refractivity contribution is -0.124. The largest absolute Gasteiger partial charge is 0.500 e. The van der Waals surface area contributed by atoms with Crippen molar-refractivity contribution in [2.45, 2.75) is 33.6 Å². The minimum absolute atomic E-state index is 0.0458. The second-order valence-electron chi connectivity index (χ2n) is 5.26. The van der Waals surface area contributed by atoms with Crippen molar-refractivity contribution in [2.75, 3.05) is 7.11 Å². The smallest absolute Gasteiger partial charge is 0.162 e. The number of methoxy groups -OCH3 is 1. The van der Waals surface area contributed by atoms with E-state index in [-0.39, 0.29) is 22.5 Å². The molecule has 2 rings (SSSR count). The number of carbonyl (C=O) groups excluding carboxylic acids is 1. The van der Waals surface area contributed by atoms with Crippen LogP contribution in [0.5, 0.6) is 0 Å². The van der Waals surface area contributed by atoms with Gasteiger partial charge in [0, 0.05) is 17.4 Å². The number of allylic oxidation sites excluding steroid dienone is 2. The third-order valence-electron chi connectivity index (χ3n) is 4.61. The molecule has 0 radical (unpaired) electrons. The molecule has 0 heterocycles. The van der Waals surface area contributed by atoms with E-state index in [0.717, 1.165) is 18.6 Å². The number of ether oxygens (including phenoxy) is 1. The van der Waals surface area contributed by atoms with Crippen LogP contribution in [0.25, 0.3) is 0 Å². The maximum absolute atomic E-state index is 11.8. The van der Waals surface area contributed by atoms with E-state index < -0.39 is 0 Å². The van der Waals surface area contributed by atoms with E-state index in [1.807, 2.05) is 0 Å². The van der Waals surface area contributed by atoms with Crippen molar-refractivity contribution < 1.29 is 9.53 Å². The van der Waals surface area contributed by atoms with Crippen molar-refractivity contribution in [1.29, 1.82) is 0 Å². The first kappa shape index (κ1) is 9.75. The third-order valence-corrected chi connectivity index (χ3v) is 4.61. The van der Waals surface area contributed by atoms with E-state index in [1.54, 1.807) is 13.2 Å². The van der Waals surface area contributed by atoms with E-state index in [4.69, 9.17) is 4.74 Å². The van der Waals surface area contributed by atoms with Crippen molar-refractivity contribution in [3.05, 3.63) is 11.8 Å². The molecule has 0 aromatic rings. The van der Waals surface area contributed by atoms with Gasteiger partial charge in [0.25, 0.3) is 0 Å². The summed E-state index contributed by atoms with van der Waals surface area (Å²) in [6, 6.07) is 0. The first-order chi connectivity index (χ1) is 6.43. The van der Waals surface area contributed by atoms with Crippen LogP contribution in [0.2, 0.25) is 0 Å². The van der Waals surface area contributed by atoms with E-state index in [1.165, 1.54) is 0 Å². The molecule has 2 nitrogen and oxygen atoms in total. The van der Waals surface area contributed by atoms with E-state index in [0.29, 0.717) is 0 Å². The third kappa shape index (κ3) is 0.891. The summed E-state index contributed by atoms with van der Waals surface area (Å²) in [5.74, 6) is 1.33. The van der Waals surface area contributed by atoms with Gasteiger partial charge >= 0.3 is 0 Å². The highest BCUT2D eigenvalue weighted by Crippen LogP contribution is 2.62. The van der Waals surface area contributed by atoms with Gasteiger partial charge in [0.2, 0.25) is 0 Å². The minimum Gasteiger partial charge on any atom is -0.500 e. The van der Waals surface area contributed by atoms with Gasteiger partial charge < -0.3 is 4.74 Å². The van der Waals surface area contributed by atoms with Gasteiger partial charge in [0.15, 0.2) is 5.78 Å². The van der Waals surface area contributed by atoms with Gasteiger partial charge in [-0.2, -0.15) is 0 Å². The molecule has 2 atom stereocenters. The highest BCUT2D eigenvalue weighted by atomic mass is 16.5. The second kappa shape index (κ2) is 2.62. The van der Waals surface area contributed by atoms with E-state index >= 15 is 0 Å². The van der Waals surface area contributed by atoms with Gasteiger partial charge in [-0.05, 0) is 18.3 Å². The molecule has 2 bridgehead atoms. The van der Waals surface area contributed by atoms with Crippen LogP contribution in [0.4, 0.5) is 0 Å². The molecule has 0 amide bonds. The number of rotatable bonds is 1. The van der Waals surface area contributed by atoms with Crippen molar-refractivity contribution in [3.8, 4) is 0 Å². The Labute approximate surface area is 85.3 Å². The average Bonchev–Trinajstić information content (AvgIpc) is 2.28. The molecule has 0 N–H and O–H groups in total. The Bertz CT molecular complexity index is 314. The monoisotopic (exact) mass is 194 g/mol. The molecule has 2 unspecified atom stereocenters. The van der Waals surface area contributed by atoms with Gasteiger partial charge in [0.05, 0.1) is 7.11 Å². The summed E-state index contributed by atoms with van der Waals surface area (Å²) < 4.78 is 5.37. The molecule has 0 saturated heterocycles. The molecule has 0 aromatic carbocycles. The van der Waals surface area contributed by atoms with E-state index in [2.05, 4.69) is 20.8 Å². The Balaban J connectivity index is 2.55. The number of hydrogen-bond acceptors (Lipinski definition) is 2. The first-order valence-corrected chi connectivity index (χ1v) is 5.23. The summed E-state index contributed by atoms with van der Waals surface area (Å²) in [4.78, 5) is 11.8. The molecule has 1 fully saturated rings. The van der Waals surface area contributed by atoms with Crippen molar-refractivity contribution >= 4 is 5.78 Å². The fourth-order valence-electron chi connectivity index (χ4n) is 3.11. The summed E-state index contributed by atoms with van der Waals surface area (Å²) in [7, 11) is 1.67. The molecule has 0 aliphatic heterocycles. The standard InChI is InChI=1S/C12H18O2/c1-11(2)8-5-6-12(11,3)10(14-4)7-9(8)13/h7-8H,5-6H2,1-4H3. The van der Waals surface area contributed by atoms with Gasteiger partial charge in [0.1, 0.15) is 5.76 Å². The zero-order valence-corrected chi connectivity index (χ0v) is 9.39. The predicted octanol–water partition coefficient (Wildman–Crippen LogP) is 2.54. The number of fused-ring (bicyclic) bond motifs is 2. The van der Waals surface area contributed by atoms with Crippen LogP contribution in [0.15, 0.2) is 11.8 Å². The highest BCUT2D eigenvalue weighted by molar-refractivity contribution is 5.94. The summed E-state index contributed by atoms with van der Waals surface area (Å²) in [6.07, 6.45) is 3.78. The molecule has 2 aliphatic carbocycles. The van der Waals surface area contributed by atoms with Crippen molar-refractivity contribution in [1.82, 2.24) is 0 Å². The van der Waals surface area contributed by atoms with Gasteiger partial charge in [-0.25, -0.2) is 0 Å². The van der Waals surface area contributed by atoms with Crippen LogP contribution in [0.3, 0.4) is 0 Å². The molecule has 2 heteroatoms. The van der Waals surface area contributed by atoms with Crippen molar-refractivity contribution in [2.24, 2.45) is 16.7 Å². The summed E-state index contributed by atoms with van der Waals surface area (Å²) in [6.45, 7) is 6.60. The molecule has 14 heavy (non-hydrogen) atoms. The Morgan fingerprint density at radius 3 is 2.64 bits per heavy atom. The Morgan fingerprint density at radius 1 is 1.43 bits per heavy atom. The SMILES string of the molecule is COC1=CC(=O)C2CCC1(C)C2(C)C. The number of ketones is 1. The zero-order chi connectivity index (χ0) is 10.6. The van der Waals surface area contributed by atoms with Gasteiger partial charge in [-0.15, -0.1) is 0 Å². The van der Waals surface area contributed by atoms with Crippen molar-refractivity contribution in [3.63, 3.8) is 0 Å². The van der Waals surface area contributed by atoms with Crippen LogP contribution in [0, 0.1) is 16.7 Å². The quantitative estimate of drug-likeness (QED) is 0.641. The Kier molecular flexibility index (Phi) is 1.82. The molecule has 0 spiro atoms. The number of hydrogen-bond donors (Lipinski definition) is 0. The maximum Gasteiger partial charge on any atom is 0.162 e. The lowest BCUT2D eigenvalue weighted by Crippen LogP contribution is -2.42. The average molecular weight is 194 g/mol. The first-order valence-electron chi connectivity index (χ1n) is 5.23. The van der Waals surface area contributed by atoms with Gasteiger partial charge in [-0.1, -0.05) is 20.8 Å². The summed E-state index contributed by atoms with van der Waals surface area (Å²) in [5.41, 5.74) is 0.102. The predicted molar refractivity (Wildman–Crippen MR) is 54.7 cm³/mol. The van der Waals surface area contributed by atoms with Crippen LogP contribution in [-0.4, -0.2) is 12.9 Å². The van der Waals surface area contributed by atoms with Crippen LogP contribution in [0.1, 0.15) is 33.6 Å². The second-order valence-corrected chi connectivity index (χ2v) is 5.26. The molecule has 2 aliphatic rings. The highest BCUT2D eigenvalue weighted by Gasteiger charge is 2.58. The number of carbonyl (C=O) groups is 1. The summed E-state index contributed by atoms with van der Waals surface area (Å²) >= 11 is 0. The van der Waals surface area contributed by atoms with Crippen LogP contribution < -0.4 is 0 Å². The fourth-order valence-corrected chi connectivity index (χ4v) is 3.11. The Morgan fingerprint density at radius 2 is 2.07 bits per heavy atom. The fraction of sp³-hybridized carbons (Fsp3) is 0.750. The maximum atomic E-state index is 11.8.